The van der Waals surface area contributed by atoms with E-state index in [9.17, 15) is 13.6 Å². The highest BCUT2D eigenvalue weighted by atomic mass is 19.1. The van der Waals surface area contributed by atoms with Gasteiger partial charge in [0.25, 0.3) is 5.56 Å². The number of H-pyrrole nitrogens is 1. The molecule has 0 saturated carbocycles. The maximum absolute atomic E-state index is 14.1. The zero-order valence-corrected chi connectivity index (χ0v) is 15.2. The van der Waals surface area contributed by atoms with E-state index in [1.54, 1.807) is 18.3 Å². The van der Waals surface area contributed by atoms with Crippen molar-refractivity contribution >= 4 is 0 Å². The van der Waals surface area contributed by atoms with Gasteiger partial charge >= 0.3 is 0 Å². The van der Waals surface area contributed by atoms with E-state index in [0.717, 1.165) is 19.3 Å². The van der Waals surface area contributed by atoms with Crippen molar-refractivity contribution < 1.29 is 8.78 Å². The maximum atomic E-state index is 14.1. The van der Waals surface area contributed by atoms with E-state index in [2.05, 4.69) is 15.0 Å². The Hall–Kier alpha value is -2.93. The predicted molar refractivity (Wildman–Crippen MR) is 101 cm³/mol. The van der Waals surface area contributed by atoms with Crippen molar-refractivity contribution in [3.05, 3.63) is 81.9 Å². The molecular weight excluding hydrogens is 362 g/mol. The number of likely N-dealkylation sites (tertiary alicyclic amines) is 1. The summed E-state index contributed by atoms with van der Waals surface area (Å²) in [6, 6.07) is 10.6. The minimum absolute atomic E-state index is 0.0455. The minimum Gasteiger partial charge on any atom is -0.305 e. The van der Waals surface area contributed by atoms with Gasteiger partial charge in [-0.05, 0) is 43.7 Å². The molecule has 2 aromatic heterocycles. The molecule has 1 atom stereocenters. The molecule has 1 fully saturated rings. The SMILES string of the molecule is O=c1cc(C2CCCCN2Cc2c(F)cccc2F)nc(-c2ccccn2)[nH]1. The molecule has 5 nitrogen and oxygen atoms in total. The molecule has 1 unspecified atom stereocenters. The summed E-state index contributed by atoms with van der Waals surface area (Å²) in [6.07, 6.45) is 4.31. The Morgan fingerprint density at radius 1 is 1.11 bits per heavy atom. The smallest absolute Gasteiger partial charge is 0.251 e. The van der Waals surface area contributed by atoms with E-state index in [1.807, 2.05) is 11.0 Å². The molecule has 1 aliphatic rings. The van der Waals surface area contributed by atoms with Gasteiger partial charge in [0.15, 0.2) is 5.82 Å². The van der Waals surface area contributed by atoms with E-state index >= 15 is 0 Å². The lowest BCUT2D eigenvalue weighted by Crippen LogP contribution is -2.34. The molecule has 144 valence electrons. The summed E-state index contributed by atoms with van der Waals surface area (Å²) < 4.78 is 28.3. The van der Waals surface area contributed by atoms with Gasteiger partial charge in [-0.25, -0.2) is 13.8 Å². The highest BCUT2D eigenvalue weighted by Crippen LogP contribution is 2.32. The Morgan fingerprint density at radius 3 is 2.68 bits per heavy atom. The van der Waals surface area contributed by atoms with Crippen LogP contribution in [0.5, 0.6) is 0 Å². The van der Waals surface area contributed by atoms with Crippen molar-refractivity contribution in [3.63, 3.8) is 0 Å². The fraction of sp³-hybridized carbons (Fsp3) is 0.286. The summed E-state index contributed by atoms with van der Waals surface area (Å²) in [5.41, 5.74) is 0.947. The van der Waals surface area contributed by atoms with Gasteiger partial charge in [0.05, 0.1) is 11.7 Å². The molecule has 0 spiro atoms. The van der Waals surface area contributed by atoms with Crippen molar-refractivity contribution in [2.45, 2.75) is 31.8 Å². The third kappa shape index (κ3) is 3.84. The Morgan fingerprint density at radius 2 is 1.93 bits per heavy atom. The van der Waals surface area contributed by atoms with E-state index in [0.29, 0.717) is 23.8 Å². The third-order valence-electron chi connectivity index (χ3n) is 5.05. The molecule has 3 aromatic rings. The average molecular weight is 382 g/mol. The van der Waals surface area contributed by atoms with Crippen LogP contribution in [0.4, 0.5) is 8.78 Å². The highest BCUT2D eigenvalue weighted by Gasteiger charge is 2.27. The summed E-state index contributed by atoms with van der Waals surface area (Å²) in [7, 11) is 0. The van der Waals surface area contributed by atoms with Gasteiger partial charge in [0, 0.05) is 24.4 Å². The van der Waals surface area contributed by atoms with E-state index in [4.69, 9.17) is 0 Å². The van der Waals surface area contributed by atoms with Crippen molar-refractivity contribution in [3.8, 4) is 11.5 Å². The Balaban J connectivity index is 1.68. The topological polar surface area (TPSA) is 61.9 Å². The largest absolute Gasteiger partial charge is 0.305 e. The molecule has 0 aliphatic carbocycles. The standard InChI is InChI=1S/C21H20F2N4O/c22-15-6-5-7-16(23)14(15)13-27-11-4-2-9-19(27)18-12-20(28)26-21(25-18)17-8-1-3-10-24-17/h1,3,5-8,10,12,19H,2,4,9,11,13H2,(H,25,26,28). The first-order valence-corrected chi connectivity index (χ1v) is 9.31. The molecule has 3 heterocycles. The summed E-state index contributed by atoms with van der Waals surface area (Å²) in [4.78, 5) is 25.8. The zero-order chi connectivity index (χ0) is 19.5. The van der Waals surface area contributed by atoms with Crippen molar-refractivity contribution in [1.29, 1.82) is 0 Å². The Bertz CT molecular complexity index is 1000. The molecule has 0 amide bonds. The molecule has 1 saturated heterocycles. The van der Waals surface area contributed by atoms with Crippen molar-refractivity contribution in [2.75, 3.05) is 6.54 Å². The normalized spacial score (nSPS) is 17.6. The van der Waals surface area contributed by atoms with Crippen LogP contribution in [0.2, 0.25) is 0 Å². The number of hydrogen-bond acceptors (Lipinski definition) is 4. The number of hydrogen-bond donors (Lipinski definition) is 1. The number of pyridine rings is 1. The van der Waals surface area contributed by atoms with Gasteiger partial charge in [-0.1, -0.05) is 18.6 Å². The molecule has 7 heteroatoms. The second-order valence-electron chi connectivity index (χ2n) is 6.92. The third-order valence-corrected chi connectivity index (χ3v) is 5.05. The lowest BCUT2D eigenvalue weighted by atomic mass is 9.98. The summed E-state index contributed by atoms with van der Waals surface area (Å²) in [5.74, 6) is -0.722. The highest BCUT2D eigenvalue weighted by molar-refractivity contribution is 5.48. The monoisotopic (exact) mass is 382 g/mol. The van der Waals surface area contributed by atoms with Crippen LogP contribution in [0.15, 0.2) is 53.5 Å². The Kier molecular flexibility index (Phi) is 5.25. The predicted octanol–water partition coefficient (Wildman–Crippen LogP) is 3.84. The van der Waals surface area contributed by atoms with Gasteiger partial charge in [-0.15, -0.1) is 0 Å². The van der Waals surface area contributed by atoms with Gasteiger partial charge in [-0.3, -0.25) is 14.7 Å². The van der Waals surface area contributed by atoms with Crippen LogP contribution < -0.4 is 5.56 Å². The first-order chi connectivity index (χ1) is 13.6. The van der Waals surface area contributed by atoms with Gasteiger partial charge in [0.1, 0.15) is 17.3 Å². The van der Waals surface area contributed by atoms with Crippen LogP contribution in [0.25, 0.3) is 11.5 Å². The molecule has 1 aliphatic heterocycles. The summed E-state index contributed by atoms with van der Waals surface area (Å²) in [6.45, 7) is 0.822. The zero-order valence-electron chi connectivity index (χ0n) is 15.2. The van der Waals surface area contributed by atoms with Crippen LogP contribution in [0.1, 0.15) is 36.6 Å². The van der Waals surface area contributed by atoms with Gasteiger partial charge < -0.3 is 4.98 Å². The molecule has 1 aromatic carbocycles. The molecule has 1 N–H and O–H groups in total. The number of piperidine rings is 1. The second-order valence-corrected chi connectivity index (χ2v) is 6.92. The van der Waals surface area contributed by atoms with E-state index in [-0.39, 0.29) is 23.7 Å². The number of nitrogens with zero attached hydrogens (tertiary/aromatic N) is 3. The fourth-order valence-corrected chi connectivity index (χ4v) is 3.67. The van der Waals surface area contributed by atoms with E-state index in [1.165, 1.54) is 24.3 Å². The summed E-state index contributed by atoms with van der Waals surface area (Å²) in [5, 5.41) is 0. The van der Waals surface area contributed by atoms with Gasteiger partial charge in [0.2, 0.25) is 0 Å². The Labute approximate surface area is 161 Å². The van der Waals surface area contributed by atoms with Crippen molar-refractivity contribution in [2.24, 2.45) is 0 Å². The number of benzene rings is 1. The average Bonchev–Trinajstić information content (AvgIpc) is 2.71. The quantitative estimate of drug-likeness (QED) is 0.745. The lowest BCUT2D eigenvalue weighted by molar-refractivity contribution is 0.134. The number of halogens is 2. The van der Waals surface area contributed by atoms with E-state index < -0.39 is 11.6 Å². The molecule has 0 bridgehead atoms. The molecular formula is C21H20F2N4O. The molecule has 4 rings (SSSR count). The van der Waals surface area contributed by atoms with Crippen LogP contribution in [0.3, 0.4) is 0 Å². The molecule has 28 heavy (non-hydrogen) atoms. The number of nitrogens with one attached hydrogen (secondary N) is 1. The first-order valence-electron chi connectivity index (χ1n) is 9.31. The van der Waals surface area contributed by atoms with Crippen LogP contribution >= 0.6 is 0 Å². The maximum Gasteiger partial charge on any atom is 0.251 e. The molecule has 0 radical (unpaired) electrons. The van der Waals surface area contributed by atoms with Crippen molar-refractivity contribution in [1.82, 2.24) is 19.9 Å². The number of rotatable bonds is 4. The first kappa shape index (κ1) is 18.4. The lowest BCUT2D eigenvalue weighted by Gasteiger charge is -2.35. The number of aromatic nitrogens is 3. The minimum atomic E-state index is -0.558. The fourth-order valence-electron chi connectivity index (χ4n) is 3.67. The van der Waals surface area contributed by atoms with Gasteiger partial charge in [-0.2, -0.15) is 0 Å². The second kappa shape index (κ2) is 7.98. The van der Waals surface area contributed by atoms with Crippen LogP contribution in [-0.2, 0) is 6.54 Å². The van der Waals surface area contributed by atoms with Crippen LogP contribution in [-0.4, -0.2) is 26.4 Å². The number of aromatic amines is 1. The summed E-state index contributed by atoms with van der Waals surface area (Å²) >= 11 is 0. The van der Waals surface area contributed by atoms with Crippen LogP contribution in [0, 0.1) is 11.6 Å².